The highest BCUT2D eigenvalue weighted by molar-refractivity contribution is 5.97. The second-order valence-corrected chi connectivity index (χ2v) is 9.06. The van der Waals surface area contributed by atoms with Gasteiger partial charge in [-0.1, -0.05) is 26.0 Å². The van der Waals surface area contributed by atoms with Gasteiger partial charge in [-0.25, -0.2) is 0 Å². The number of ether oxygens (including phenoxy) is 1. The van der Waals surface area contributed by atoms with Gasteiger partial charge >= 0.3 is 0 Å². The van der Waals surface area contributed by atoms with Gasteiger partial charge in [0.1, 0.15) is 5.75 Å². The number of rotatable bonds is 3. The predicted molar refractivity (Wildman–Crippen MR) is 91.5 cm³/mol. The summed E-state index contributed by atoms with van der Waals surface area (Å²) in [6.07, 6.45) is 7.08. The highest BCUT2D eigenvalue weighted by Crippen LogP contribution is 2.69. The second-order valence-electron chi connectivity index (χ2n) is 9.06. The highest BCUT2D eigenvalue weighted by atomic mass is 16.5. The first-order valence-electron chi connectivity index (χ1n) is 8.80. The van der Waals surface area contributed by atoms with Gasteiger partial charge in [0.15, 0.2) is 0 Å². The smallest absolute Gasteiger partial charge is 0.230 e. The molecular formula is C20H27NO2. The van der Waals surface area contributed by atoms with Crippen molar-refractivity contribution in [3.05, 3.63) is 24.3 Å². The Morgan fingerprint density at radius 3 is 2.35 bits per heavy atom. The van der Waals surface area contributed by atoms with E-state index in [9.17, 15) is 4.79 Å². The van der Waals surface area contributed by atoms with Crippen LogP contribution in [0.25, 0.3) is 0 Å². The minimum absolute atomic E-state index is 0.177. The lowest BCUT2D eigenvalue weighted by atomic mass is 9.40. The molecule has 1 aromatic carbocycles. The predicted octanol–water partition coefficient (Wildman–Crippen LogP) is 4.63. The topological polar surface area (TPSA) is 38.3 Å². The highest BCUT2D eigenvalue weighted by Gasteiger charge is 2.62. The number of benzene rings is 1. The molecule has 3 heteroatoms. The Bertz CT molecular complexity index is 635. The van der Waals surface area contributed by atoms with Gasteiger partial charge in [0, 0.05) is 0 Å². The van der Waals surface area contributed by atoms with E-state index in [1.54, 1.807) is 7.11 Å². The molecule has 4 saturated carbocycles. The fourth-order valence-corrected chi connectivity index (χ4v) is 6.70. The number of carbonyl (C=O) groups excluding carboxylic acids is 1. The van der Waals surface area contributed by atoms with Crippen molar-refractivity contribution >= 4 is 11.6 Å². The normalized spacial score (nSPS) is 40.9. The van der Waals surface area contributed by atoms with Crippen molar-refractivity contribution in [2.24, 2.45) is 22.2 Å². The lowest BCUT2D eigenvalue weighted by molar-refractivity contribution is -0.165. The maximum Gasteiger partial charge on any atom is 0.230 e. The summed E-state index contributed by atoms with van der Waals surface area (Å²) in [5, 5.41) is 3.19. The number of nitrogens with one attached hydrogen (secondary N) is 1. The average molecular weight is 313 g/mol. The Hall–Kier alpha value is -1.51. The van der Waals surface area contributed by atoms with Crippen LogP contribution in [0.4, 0.5) is 5.69 Å². The van der Waals surface area contributed by atoms with Crippen LogP contribution in [-0.2, 0) is 4.79 Å². The summed E-state index contributed by atoms with van der Waals surface area (Å²) in [5.41, 5.74) is 1.33. The molecule has 4 fully saturated rings. The Morgan fingerprint density at radius 2 is 1.74 bits per heavy atom. The molecule has 0 radical (unpaired) electrons. The van der Waals surface area contributed by atoms with Crippen molar-refractivity contribution in [3.63, 3.8) is 0 Å². The minimum Gasteiger partial charge on any atom is -0.495 e. The van der Waals surface area contributed by atoms with Crippen LogP contribution >= 0.6 is 0 Å². The molecule has 1 N–H and O–H groups in total. The third-order valence-corrected chi connectivity index (χ3v) is 6.46. The third kappa shape index (κ3) is 2.36. The van der Waals surface area contributed by atoms with Gasteiger partial charge in [-0.15, -0.1) is 0 Å². The molecule has 0 spiro atoms. The number of para-hydroxylation sites is 2. The average Bonchev–Trinajstić information content (AvgIpc) is 2.44. The van der Waals surface area contributed by atoms with Crippen LogP contribution in [0.15, 0.2) is 24.3 Å². The summed E-state index contributed by atoms with van der Waals surface area (Å²) in [5.74, 6) is 1.68. The van der Waals surface area contributed by atoms with Crippen molar-refractivity contribution < 1.29 is 9.53 Å². The number of hydrogen-bond donors (Lipinski definition) is 1. The van der Waals surface area contributed by atoms with E-state index >= 15 is 0 Å². The number of amides is 1. The summed E-state index contributed by atoms with van der Waals surface area (Å²) in [4.78, 5) is 13.3. The monoisotopic (exact) mass is 313 g/mol. The van der Waals surface area contributed by atoms with Crippen LogP contribution < -0.4 is 10.1 Å². The summed E-state index contributed by atoms with van der Waals surface area (Å²) in [7, 11) is 1.65. The van der Waals surface area contributed by atoms with E-state index in [1.807, 2.05) is 24.3 Å². The van der Waals surface area contributed by atoms with Crippen molar-refractivity contribution in [2.45, 2.75) is 52.4 Å². The van der Waals surface area contributed by atoms with Crippen LogP contribution in [-0.4, -0.2) is 13.0 Å². The van der Waals surface area contributed by atoms with E-state index in [2.05, 4.69) is 19.2 Å². The maximum atomic E-state index is 13.3. The Balaban J connectivity index is 1.63. The molecule has 23 heavy (non-hydrogen) atoms. The van der Waals surface area contributed by atoms with Crippen molar-refractivity contribution in [1.29, 1.82) is 0 Å². The second kappa shape index (κ2) is 4.75. The van der Waals surface area contributed by atoms with E-state index < -0.39 is 0 Å². The maximum absolute atomic E-state index is 13.3. The van der Waals surface area contributed by atoms with E-state index in [-0.39, 0.29) is 11.3 Å². The zero-order valence-corrected chi connectivity index (χ0v) is 14.4. The largest absolute Gasteiger partial charge is 0.495 e. The fraction of sp³-hybridized carbons (Fsp3) is 0.650. The third-order valence-electron chi connectivity index (χ3n) is 6.46. The minimum atomic E-state index is -0.177. The zero-order chi connectivity index (χ0) is 16.3. The summed E-state index contributed by atoms with van der Waals surface area (Å²) in [6.45, 7) is 4.81. The number of hydrogen-bond acceptors (Lipinski definition) is 2. The van der Waals surface area contributed by atoms with Crippen LogP contribution in [0, 0.1) is 22.2 Å². The zero-order valence-electron chi connectivity index (χ0n) is 14.4. The molecular weight excluding hydrogens is 286 g/mol. The van der Waals surface area contributed by atoms with E-state index in [4.69, 9.17) is 4.74 Å². The van der Waals surface area contributed by atoms with Crippen LogP contribution in [0.2, 0.25) is 0 Å². The van der Waals surface area contributed by atoms with Gasteiger partial charge in [0.05, 0.1) is 18.2 Å². The molecule has 3 nitrogen and oxygen atoms in total. The molecule has 0 aromatic heterocycles. The van der Waals surface area contributed by atoms with Crippen LogP contribution in [0.1, 0.15) is 52.4 Å². The summed E-state index contributed by atoms with van der Waals surface area (Å²) >= 11 is 0. The molecule has 124 valence electrons. The molecule has 2 unspecified atom stereocenters. The van der Waals surface area contributed by atoms with Gasteiger partial charge in [0.2, 0.25) is 5.91 Å². The van der Waals surface area contributed by atoms with E-state index in [0.29, 0.717) is 10.8 Å². The fourth-order valence-electron chi connectivity index (χ4n) is 6.70. The molecule has 1 amide bonds. The first-order valence-corrected chi connectivity index (χ1v) is 8.80. The number of methoxy groups -OCH3 is 1. The first kappa shape index (κ1) is 15.0. The Labute approximate surface area is 138 Å². The Kier molecular flexibility index (Phi) is 3.11. The summed E-state index contributed by atoms with van der Waals surface area (Å²) < 4.78 is 5.39. The molecule has 2 atom stereocenters. The first-order chi connectivity index (χ1) is 10.9. The molecule has 4 aliphatic rings. The standard InChI is InChI=1S/C20H27NO2/c1-18-8-14-9-19(2,11-18)13-20(10-14,12-18)17(22)21-15-6-4-5-7-16(15)23-3/h4-7,14H,8-13H2,1-3H3,(H,21,22). The molecule has 4 bridgehead atoms. The van der Waals surface area contributed by atoms with Crippen LogP contribution in [0.5, 0.6) is 5.75 Å². The number of carbonyl (C=O) groups is 1. The van der Waals surface area contributed by atoms with Crippen molar-refractivity contribution in [1.82, 2.24) is 0 Å². The molecule has 5 rings (SSSR count). The quantitative estimate of drug-likeness (QED) is 0.883. The van der Waals surface area contributed by atoms with Gasteiger partial charge < -0.3 is 10.1 Å². The van der Waals surface area contributed by atoms with E-state index in [0.717, 1.165) is 36.6 Å². The van der Waals surface area contributed by atoms with Gasteiger partial charge in [-0.05, 0) is 67.4 Å². The lowest BCUT2D eigenvalue weighted by Crippen LogP contribution is -2.58. The molecule has 1 aromatic rings. The SMILES string of the molecule is COc1ccccc1NC(=O)C12CC3CC(C)(CC(C)(C3)C1)C2. The van der Waals surface area contributed by atoms with Gasteiger partial charge in [-0.3, -0.25) is 4.79 Å². The molecule has 0 heterocycles. The summed E-state index contributed by atoms with van der Waals surface area (Å²) in [6, 6.07) is 7.71. The molecule has 0 aliphatic heterocycles. The van der Waals surface area contributed by atoms with Crippen LogP contribution in [0.3, 0.4) is 0 Å². The van der Waals surface area contributed by atoms with E-state index in [1.165, 1.54) is 19.3 Å². The van der Waals surface area contributed by atoms with Gasteiger partial charge in [-0.2, -0.15) is 0 Å². The number of anilines is 1. The van der Waals surface area contributed by atoms with Gasteiger partial charge in [0.25, 0.3) is 0 Å². The lowest BCUT2D eigenvalue weighted by Gasteiger charge is -2.64. The Morgan fingerprint density at radius 1 is 1.09 bits per heavy atom. The van der Waals surface area contributed by atoms with Crippen molar-refractivity contribution in [2.75, 3.05) is 12.4 Å². The van der Waals surface area contributed by atoms with Crippen molar-refractivity contribution in [3.8, 4) is 5.75 Å². The molecule has 4 aliphatic carbocycles. The molecule has 0 saturated heterocycles.